The van der Waals surface area contributed by atoms with Crippen LogP contribution in [0.3, 0.4) is 0 Å². The summed E-state index contributed by atoms with van der Waals surface area (Å²) in [5.74, 6) is 0.232. The predicted octanol–water partition coefficient (Wildman–Crippen LogP) is 0.967. The van der Waals surface area contributed by atoms with Crippen molar-refractivity contribution in [3.8, 4) is 0 Å². The predicted molar refractivity (Wildman–Crippen MR) is 65.4 cm³/mol. The highest BCUT2D eigenvalue weighted by Gasteiger charge is 2.36. The van der Waals surface area contributed by atoms with Crippen LogP contribution in [0.4, 0.5) is 0 Å². The minimum absolute atomic E-state index is 0.0720. The standard InChI is InChI=1S/C11H23NO3S/c1-4-10(12-5-2)8-16(13,14)11-6-7-15-9(11)3/h9-12H,4-8H2,1-3H3. The average Bonchev–Trinajstić information content (AvgIpc) is 2.64. The zero-order valence-corrected chi connectivity index (χ0v) is 11.2. The van der Waals surface area contributed by atoms with Gasteiger partial charge in [0.05, 0.1) is 17.1 Å². The molecule has 0 aromatic rings. The molecule has 1 rings (SSSR count). The molecule has 0 bridgehead atoms. The molecule has 0 aliphatic carbocycles. The lowest BCUT2D eigenvalue weighted by molar-refractivity contribution is 0.126. The molecular formula is C11H23NO3S. The van der Waals surface area contributed by atoms with E-state index >= 15 is 0 Å². The summed E-state index contributed by atoms with van der Waals surface area (Å²) in [6.07, 6.45) is 1.34. The molecule has 0 saturated carbocycles. The molecule has 5 heteroatoms. The van der Waals surface area contributed by atoms with Crippen LogP contribution in [0, 0.1) is 0 Å². The summed E-state index contributed by atoms with van der Waals surface area (Å²) in [4.78, 5) is 0. The monoisotopic (exact) mass is 249 g/mol. The maximum atomic E-state index is 12.2. The summed E-state index contributed by atoms with van der Waals surface area (Å²) in [5, 5.41) is 2.90. The molecule has 0 aromatic heterocycles. The van der Waals surface area contributed by atoms with Gasteiger partial charge < -0.3 is 10.1 Å². The fourth-order valence-electron chi connectivity index (χ4n) is 2.20. The first kappa shape index (κ1) is 13.9. The number of sulfone groups is 1. The SMILES string of the molecule is CCNC(CC)CS(=O)(=O)C1CCOC1C. The van der Waals surface area contributed by atoms with E-state index in [4.69, 9.17) is 4.74 Å². The van der Waals surface area contributed by atoms with Crippen molar-refractivity contribution in [2.75, 3.05) is 18.9 Å². The second-order valence-corrected chi connectivity index (χ2v) is 6.66. The van der Waals surface area contributed by atoms with Gasteiger partial charge in [-0.15, -0.1) is 0 Å². The van der Waals surface area contributed by atoms with E-state index in [0.717, 1.165) is 13.0 Å². The van der Waals surface area contributed by atoms with Gasteiger partial charge in [0.1, 0.15) is 0 Å². The lowest BCUT2D eigenvalue weighted by Gasteiger charge is -2.20. The molecule has 0 aromatic carbocycles. The van der Waals surface area contributed by atoms with Crippen LogP contribution in [-0.2, 0) is 14.6 Å². The molecule has 1 fully saturated rings. The normalized spacial score (nSPS) is 28.2. The molecule has 0 radical (unpaired) electrons. The number of ether oxygens (including phenoxy) is 1. The largest absolute Gasteiger partial charge is 0.377 e. The molecule has 4 nitrogen and oxygen atoms in total. The zero-order chi connectivity index (χ0) is 12.2. The van der Waals surface area contributed by atoms with Gasteiger partial charge >= 0.3 is 0 Å². The molecule has 1 aliphatic heterocycles. The molecule has 96 valence electrons. The molecule has 3 atom stereocenters. The van der Waals surface area contributed by atoms with Gasteiger partial charge in [-0.25, -0.2) is 8.42 Å². The Morgan fingerprint density at radius 1 is 1.44 bits per heavy atom. The van der Waals surface area contributed by atoms with Crippen molar-refractivity contribution in [2.45, 2.75) is 51.0 Å². The van der Waals surface area contributed by atoms with E-state index in [-0.39, 0.29) is 23.1 Å². The van der Waals surface area contributed by atoms with Crippen LogP contribution >= 0.6 is 0 Å². The molecule has 3 unspecified atom stereocenters. The third-order valence-corrected chi connectivity index (χ3v) is 5.60. The Morgan fingerprint density at radius 2 is 2.12 bits per heavy atom. The summed E-state index contributed by atoms with van der Waals surface area (Å²) in [6, 6.07) is 0.0720. The third-order valence-electron chi connectivity index (χ3n) is 3.19. The number of hydrogen-bond acceptors (Lipinski definition) is 4. The first-order valence-electron chi connectivity index (χ1n) is 6.07. The molecule has 1 saturated heterocycles. The quantitative estimate of drug-likeness (QED) is 0.762. The van der Waals surface area contributed by atoms with Gasteiger partial charge in [-0.05, 0) is 26.3 Å². The van der Waals surface area contributed by atoms with E-state index in [1.165, 1.54) is 0 Å². The first-order valence-corrected chi connectivity index (χ1v) is 7.79. The lowest BCUT2D eigenvalue weighted by Crippen LogP contribution is -2.40. The zero-order valence-electron chi connectivity index (χ0n) is 10.4. The van der Waals surface area contributed by atoms with Crippen molar-refractivity contribution in [2.24, 2.45) is 0 Å². The fourth-order valence-corrected chi connectivity index (χ4v) is 4.48. The molecule has 1 heterocycles. The summed E-state index contributed by atoms with van der Waals surface area (Å²) in [7, 11) is -3.03. The van der Waals surface area contributed by atoms with E-state index in [1.54, 1.807) is 0 Å². The van der Waals surface area contributed by atoms with Gasteiger partial charge in [-0.2, -0.15) is 0 Å². The van der Waals surface area contributed by atoms with Crippen LogP contribution in [0.15, 0.2) is 0 Å². The van der Waals surface area contributed by atoms with Crippen LogP contribution in [0.5, 0.6) is 0 Å². The van der Waals surface area contributed by atoms with Gasteiger partial charge in [0.2, 0.25) is 0 Å². The van der Waals surface area contributed by atoms with Crippen molar-refractivity contribution in [1.82, 2.24) is 5.32 Å². The van der Waals surface area contributed by atoms with Crippen LogP contribution in [0.25, 0.3) is 0 Å². The van der Waals surface area contributed by atoms with E-state index < -0.39 is 9.84 Å². The van der Waals surface area contributed by atoms with Gasteiger partial charge in [0.25, 0.3) is 0 Å². The highest BCUT2D eigenvalue weighted by molar-refractivity contribution is 7.92. The van der Waals surface area contributed by atoms with Crippen molar-refractivity contribution in [3.63, 3.8) is 0 Å². The van der Waals surface area contributed by atoms with Crippen molar-refractivity contribution in [3.05, 3.63) is 0 Å². The minimum atomic E-state index is -3.03. The molecule has 0 spiro atoms. The first-order chi connectivity index (χ1) is 7.51. The van der Waals surface area contributed by atoms with Crippen LogP contribution in [-0.4, -0.2) is 44.7 Å². The number of rotatable bonds is 6. The van der Waals surface area contributed by atoms with Gasteiger partial charge in [-0.1, -0.05) is 13.8 Å². The van der Waals surface area contributed by atoms with Gasteiger partial charge in [-0.3, -0.25) is 0 Å². The van der Waals surface area contributed by atoms with E-state index in [9.17, 15) is 8.42 Å². The maximum absolute atomic E-state index is 12.2. The Bertz CT molecular complexity index is 302. The smallest absolute Gasteiger partial charge is 0.157 e. The fraction of sp³-hybridized carbons (Fsp3) is 1.00. The molecule has 16 heavy (non-hydrogen) atoms. The Hall–Kier alpha value is -0.130. The van der Waals surface area contributed by atoms with Gasteiger partial charge in [0, 0.05) is 12.6 Å². The Balaban J connectivity index is 2.62. The van der Waals surface area contributed by atoms with Crippen molar-refractivity contribution >= 4 is 9.84 Å². The second kappa shape index (κ2) is 5.98. The highest BCUT2D eigenvalue weighted by atomic mass is 32.2. The van der Waals surface area contributed by atoms with Crippen LogP contribution in [0.1, 0.15) is 33.6 Å². The maximum Gasteiger partial charge on any atom is 0.157 e. The Morgan fingerprint density at radius 3 is 2.56 bits per heavy atom. The van der Waals surface area contributed by atoms with Crippen molar-refractivity contribution < 1.29 is 13.2 Å². The number of hydrogen-bond donors (Lipinski definition) is 1. The summed E-state index contributed by atoms with van der Waals surface area (Å²) >= 11 is 0. The van der Waals surface area contributed by atoms with E-state index in [1.807, 2.05) is 20.8 Å². The summed E-state index contributed by atoms with van der Waals surface area (Å²) in [6.45, 7) is 7.24. The van der Waals surface area contributed by atoms with Crippen LogP contribution < -0.4 is 5.32 Å². The van der Waals surface area contributed by atoms with Gasteiger partial charge in [0.15, 0.2) is 9.84 Å². The Kier molecular flexibility index (Phi) is 5.21. The van der Waals surface area contributed by atoms with E-state index in [0.29, 0.717) is 13.0 Å². The molecular weight excluding hydrogens is 226 g/mol. The van der Waals surface area contributed by atoms with E-state index in [2.05, 4.69) is 5.32 Å². The van der Waals surface area contributed by atoms with Crippen molar-refractivity contribution in [1.29, 1.82) is 0 Å². The highest BCUT2D eigenvalue weighted by Crippen LogP contribution is 2.22. The lowest BCUT2D eigenvalue weighted by atomic mass is 10.2. The second-order valence-electron chi connectivity index (χ2n) is 4.40. The molecule has 1 aliphatic rings. The number of nitrogens with one attached hydrogen (secondary N) is 1. The molecule has 0 amide bonds. The Labute approximate surface area is 98.7 Å². The topological polar surface area (TPSA) is 55.4 Å². The summed E-state index contributed by atoms with van der Waals surface area (Å²) < 4.78 is 29.7. The molecule has 1 N–H and O–H groups in total. The minimum Gasteiger partial charge on any atom is -0.377 e. The third kappa shape index (κ3) is 3.43. The summed E-state index contributed by atoms with van der Waals surface area (Å²) in [5.41, 5.74) is 0. The van der Waals surface area contributed by atoms with Crippen LogP contribution in [0.2, 0.25) is 0 Å². The average molecular weight is 249 g/mol.